The van der Waals surface area contributed by atoms with E-state index in [1.807, 2.05) is 17.5 Å². The maximum Gasteiger partial charge on any atom is 0.247 e. The summed E-state index contributed by atoms with van der Waals surface area (Å²) >= 11 is 1.57. The molecule has 0 unspecified atom stereocenters. The molecule has 3 aliphatic heterocycles. The maximum absolute atomic E-state index is 12.6. The van der Waals surface area contributed by atoms with Gasteiger partial charge in [-0.25, -0.2) is 0 Å². The highest BCUT2D eigenvalue weighted by Gasteiger charge is 2.55. The van der Waals surface area contributed by atoms with Gasteiger partial charge in [0.05, 0.1) is 6.61 Å². The molecule has 2 N–H and O–H groups in total. The van der Waals surface area contributed by atoms with Gasteiger partial charge in [-0.3, -0.25) is 4.79 Å². The van der Waals surface area contributed by atoms with Crippen molar-refractivity contribution in [1.82, 2.24) is 10.2 Å². The minimum atomic E-state index is 0.0604. The molecule has 3 aliphatic rings. The topological polar surface area (TPSA) is 52.6 Å². The number of nitrogens with one attached hydrogen (secondary N) is 1. The van der Waals surface area contributed by atoms with Crippen LogP contribution in [0.3, 0.4) is 0 Å². The van der Waals surface area contributed by atoms with Crippen LogP contribution in [0.25, 0.3) is 6.08 Å². The predicted octanol–water partition coefficient (Wildman–Crippen LogP) is 1.46. The average Bonchev–Trinajstić information content (AvgIpc) is 3.23. The highest BCUT2D eigenvalue weighted by atomic mass is 32.1. The molecular weight excluding hydrogens is 284 g/mol. The fraction of sp³-hybridized carbons (Fsp3) is 0.562. The fourth-order valence-electron chi connectivity index (χ4n) is 4.40. The molecule has 21 heavy (non-hydrogen) atoms. The zero-order valence-electron chi connectivity index (χ0n) is 11.9. The van der Waals surface area contributed by atoms with Gasteiger partial charge in [-0.05, 0) is 47.8 Å². The van der Waals surface area contributed by atoms with Crippen molar-refractivity contribution in [2.24, 2.45) is 11.8 Å². The number of nitrogens with zero attached hydrogens (tertiary/aromatic N) is 1. The molecule has 4 atom stereocenters. The lowest BCUT2D eigenvalue weighted by Crippen LogP contribution is -2.38. The number of rotatable bonds is 3. The van der Waals surface area contributed by atoms with E-state index in [-0.39, 0.29) is 12.5 Å². The average molecular weight is 304 g/mol. The molecule has 0 radical (unpaired) electrons. The summed E-state index contributed by atoms with van der Waals surface area (Å²) in [4.78, 5) is 15.7. The fourth-order valence-corrected chi connectivity index (χ4v) is 5.20. The van der Waals surface area contributed by atoms with Crippen molar-refractivity contribution in [2.75, 3.05) is 13.1 Å². The van der Waals surface area contributed by atoms with Crippen molar-refractivity contribution >= 4 is 23.3 Å². The van der Waals surface area contributed by atoms with Crippen molar-refractivity contribution in [3.63, 3.8) is 0 Å². The first-order chi connectivity index (χ1) is 10.3. The van der Waals surface area contributed by atoms with E-state index in [0.29, 0.717) is 23.9 Å². The minimum Gasteiger partial charge on any atom is -0.392 e. The summed E-state index contributed by atoms with van der Waals surface area (Å²) in [5, 5.41) is 14.5. The summed E-state index contributed by atoms with van der Waals surface area (Å²) < 4.78 is 0. The number of amides is 1. The van der Waals surface area contributed by atoms with E-state index in [9.17, 15) is 4.79 Å². The smallest absolute Gasteiger partial charge is 0.247 e. The summed E-state index contributed by atoms with van der Waals surface area (Å²) in [7, 11) is 0. The van der Waals surface area contributed by atoms with E-state index >= 15 is 0 Å². The number of carbonyl (C=O) groups excluding carboxylic acids is 1. The van der Waals surface area contributed by atoms with Gasteiger partial charge >= 0.3 is 0 Å². The normalized spacial score (nSPS) is 34.0. The Bertz CT molecular complexity index is 565. The van der Waals surface area contributed by atoms with Crippen molar-refractivity contribution in [3.05, 3.63) is 28.0 Å². The Labute approximate surface area is 128 Å². The third-order valence-electron chi connectivity index (χ3n) is 5.27. The second-order valence-electron chi connectivity index (χ2n) is 6.29. The second kappa shape index (κ2) is 5.23. The van der Waals surface area contributed by atoms with Crippen LogP contribution in [-0.4, -0.2) is 41.1 Å². The van der Waals surface area contributed by atoms with Crippen molar-refractivity contribution in [2.45, 2.75) is 31.5 Å². The van der Waals surface area contributed by atoms with Crippen molar-refractivity contribution in [1.29, 1.82) is 0 Å². The van der Waals surface area contributed by atoms with Crippen LogP contribution in [0.4, 0.5) is 0 Å². The summed E-state index contributed by atoms with van der Waals surface area (Å²) in [5.74, 6) is 1.50. The summed E-state index contributed by atoms with van der Waals surface area (Å²) in [6.07, 6.45) is 5.94. The molecular formula is C16H20N2O2S. The van der Waals surface area contributed by atoms with Gasteiger partial charge < -0.3 is 15.3 Å². The van der Waals surface area contributed by atoms with Gasteiger partial charge in [0.1, 0.15) is 0 Å². The lowest BCUT2D eigenvalue weighted by Gasteiger charge is -2.23. The van der Waals surface area contributed by atoms with E-state index in [1.165, 1.54) is 12.8 Å². The Kier molecular flexibility index (Phi) is 3.36. The number of carbonyl (C=O) groups is 1. The number of aliphatic hydroxyl groups excluding tert-OH is 1. The zero-order valence-corrected chi connectivity index (χ0v) is 12.7. The number of hydrogen-bond donors (Lipinski definition) is 2. The van der Waals surface area contributed by atoms with Crippen molar-refractivity contribution in [3.8, 4) is 0 Å². The van der Waals surface area contributed by atoms with Gasteiger partial charge in [0.15, 0.2) is 0 Å². The van der Waals surface area contributed by atoms with E-state index in [0.717, 1.165) is 23.5 Å². The molecule has 1 aromatic rings. The molecule has 1 aromatic heterocycles. The first-order valence-corrected chi connectivity index (χ1v) is 8.55. The molecule has 0 saturated carbocycles. The molecule has 3 fully saturated rings. The number of fused-ring (bicyclic) bond motifs is 5. The molecule has 5 heteroatoms. The molecule has 0 spiro atoms. The van der Waals surface area contributed by atoms with E-state index in [4.69, 9.17) is 5.11 Å². The molecule has 4 heterocycles. The highest BCUT2D eigenvalue weighted by Crippen LogP contribution is 2.47. The van der Waals surface area contributed by atoms with Crippen LogP contribution in [0.5, 0.6) is 0 Å². The van der Waals surface area contributed by atoms with E-state index < -0.39 is 0 Å². The van der Waals surface area contributed by atoms with E-state index in [1.54, 1.807) is 17.4 Å². The molecule has 4 nitrogen and oxygen atoms in total. The predicted molar refractivity (Wildman–Crippen MR) is 82.8 cm³/mol. The second-order valence-corrected chi connectivity index (χ2v) is 7.24. The van der Waals surface area contributed by atoms with Crippen LogP contribution >= 0.6 is 11.3 Å². The van der Waals surface area contributed by atoms with Crippen molar-refractivity contribution < 1.29 is 9.90 Å². The molecule has 112 valence electrons. The van der Waals surface area contributed by atoms with Crippen LogP contribution in [-0.2, 0) is 11.4 Å². The standard InChI is InChI=1S/C16H20N2O2S/c19-8-10-5-11(21-9-10)1-4-16(20)18-14-2-3-15(18)13-7-17-6-12(13)14/h1,4-5,9,12-15,17,19H,2-3,6-8H2/b4-1+/t12-,13+,14-,15+. The number of thiophene rings is 1. The van der Waals surface area contributed by atoms with Gasteiger partial charge in [0, 0.05) is 36.1 Å². The lowest BCUT2D eigenvalue weighted by atomic mass is 9.82. The number of aliphatic hydroxyl groups is 1. The Morgan fingerprint density at radius 1 is 1.38 bits per heavy atom. The molecule has 3 saturated heterocycles. The van der Waals surface area contributed by atoms with Crippen LogP contribution in [0.1, 0.15) is 23.3 Å². The summed E-state index contributed by atoms with van der Waals surface area (Å²) in [6, 6.07) is 2.83. The van der Waals surface area contributed by atoms with E-state index in [2.05, 4.69) is 10.2 Å². The molecule has 4 rings (SSSR count). The Balaban J connectivity index is 1.48. The highest BCUT2D eigenvalue weighted by molar-refractivity contribution is 7.11. The summed E-state index contributed by atoms with van der Waals surface area (Å²) in [5.41, 5.74) is 0.911. The molecule has 0 aromatic carbocycles. The van der Waals surface area contributed by atoms with Crippen LogP contribution in [0.2, 0.25) is 0 Å². The zero-order chi connectivity index (χ0) is 14.4. The number of hydrogen-bond acceptors (Lipinski definition) is 4. The third-order valence-corrected chi connectivity index (χ3v) is 6.22. The first-order valence-electron chi connectivity index (χ1n) is 7.67. The molecule has 2 bridgehead atoms. The van der Waals surface area contributed by atoms with Gasteiger partial charge in [-0.2, -0.15) is 0 Å². The Hall–Kier alpha value is -1.17. The van der Waals surface area contributed by atoms with Crippen LogP contribution in [0, 0.1) is 11.8 Å². The maximum atomic E-state index is 12.6. The third kappa shape index (κ3) is 2.15. The monoisotopic (exact) mass is 304 g/mol. The quantitative estimate of drug-likeness (QED) is 0.831. The summed E-state index contributed by atoms with van der Waals surface area (Å²) in [6.45, 7) is 2.21. The lowest BCUT2D eigenvalue weighted by molar-refractivity contribution is -0.127. The van der Waals surface area contributed by atoms with Gasteiger partial charge in [0.2, 0.25) is 5.91 Å². The Morgan fingerprint density at radius 2 is 2.10 bits per heavy atom. The Morgan fingerprint density at radius 3 is 2.71 bits per heavy atom. The molecule has 0 aliphatic carbocycles. The van der Waals surface area contributed by atoms with Crippen LogP contribution in [0.15, 0.2) is 17.5 Å². The van der Waals surface area contributed by atoms with Gasteiger partial charge in [-0.1, -0.05) is 0 Å². The minimum absolute atomic E-state index is 0.0604. The SMILES string of the molecule is O=C(/C=C/c1cc(CO)cs1)N1[C@@H]2CC[C@H]1[C@H]1CNC[C@H]12. The van der Waals surface area contributed by atoms with Gasteiger partial charge in [-0.15, -0.1) is 11.3 Å². The first kappa shape index (κ1) is 13.5. The van der Waals surface area contributed by atoms with Gasteiger partial charge in [0.25, 0.3) is 0 Å². The largest absolute Gasteiger partial charge is 0.392 e. The molecule has 1 amide bonds. The van der Waals surface area contributed by atoms with Crippen LogP contribution < -0.4 is 5.32 Å².